The van der Waals surface area contributed by atoms with Crippen LogP contribution in [0, 0.1) is 0 Å². The summed E-state index contributed by atoms with van der Waals surface area (Å²) < 4.78 is 5.64. The molecule has 0 amide bonds. The Morgan fingerprint density at radius 3 is 2.38 bits per heavy atom. The largest absolute Gasteiger partial charge is 0.494 e. The van der Waals surface area contributed by atoms with Gasteiger partial charge in [0.1, 0.15) is 5.75 Å². The van der Waals surface area contributed by atoms with Crippen LogP contribution in [0.1, 0.15) is 40.0 Å². The molecule has 0 aliphatic rings. The molecule has 0 saturated heterocycles. The second-order valence-corrected chi connectivity index (χ2v) is 4.38. The summed E-state index contributed by atoms with van der Waals surface area (Å²) in [4.78, 5) is 0. The van der Waals surface area contributed by atoms with Crippen molar-refractivity contribution in [2.75, 3.05) is 11.9 Å². The Morgan fingerprint density at radius 1 is 1.12 bits per heavy atom. The van der Waals surface area contributed by atoms with Gasteiger partial charge < -0.3 is 10.1 Å². The summed E-state index contributed by atoms with van der Waals surface area (Å²) in [6, 6.07) is 8.65. The van der Waals surface area contributed by atoms with Crippen LogP contribution in [0.4, 0.5) is 5.69 Å². The van der Waals surface area contributed by atoms with Crippen molar-refractivity contribution >= 4 is 5.69 Å². The Morgan fingerprint density at radius 2 is 1.81 bits per heavy atom. The second-order valence-electron chi connectivity index (χ2n) is 4.38. The first kappa shape index (κ1) is 12.9. The van der Waals surface area contributed by atoms with Crippen LogP contribution in [0.15, 0.2) is 24.3 Å². The van der Waals surface area contributed by atoms with Crippen LogP contribution < -0.4 is 10.1 Å². The predicted octanol–water partition coefficient (Wildman–Crippen LogP) is 4.08. The molecule has 1 N–H and O–H groups in total. The van der Waals surface area contributed by atoms with Crippen LogP contribution in [-0.4, -0.2) is 12.6 Å². The molecular weight excluding hydrogens is 198 g/mol. The van der Waals surface area contributed by atoms with Gasteiger partial charge >= 0.3 is 0 Å². The molecule has 90 valence electrons. The standard InChI is InChI=1S/C14H23NO/c1-4-5-6-11-16-14-9-7-13(8-10-14)15-12(2)3/h7-10,12,15H,4-6,11H2,1-3H3. The van der Waals surface area contributed by atoms with E-state index in [1.807, 2.05) is 12.1 Å². The monoisotopic (exact) mass is 221 g/mol. The van der Waals surface area contributed by atoms with Crippen LogP contribution in [0.25, 0.3) is 0 Å². The molecule has 1 aromatic rings. The number of benzene rings is 1. The van der Waals surface area contributed by atoms with E-state index in [4.69, 9.17) is 4.74 Å². The van der Waals surface area contributed by atoms with Gasteiger partial charge in [0.25, 0.3) is 0 Å². The fourth-order valence-electron chi connectivity index (χ4n) is 1.52. The highest BCUT2D eigenvalue weighted by Crippen LogP contribution is 2.16. The number of hydrogen-bond acceptors (Lipinski definition) is 2. The first-order valence-electron chi connectivity index (χ1n) is 6.21. The van der Waals surface area contributed by atoms with Crippen LogP contribution in [0.5, 0.6) is 5.75 Å². The number of ether oxygens (including phenoxy) is 1. The average Bonchev–Trinajstić information content (AvgIpc) is 2.26. The van der Waals surface area contributed by atoms with Crippen molar-refractivity contribution in [3.05, 3.63) is 24.3 Å². The third-order valence-corrected chi connectivity index (χ3v) is 2.33. The summed E-state index contributed by atoms with van der Waals surface area (Å²) in [5.41, 5.74) is 1.15. The van der Waals surface area contributed by atoms with Gasteiger partial charge in [-0.15, -0.1) is 0 Å². The van der Waals surface area contributed by atoms with Crippen molar-refractivity contribution in [3.8, 4) is 5.75 Å². The molecule has 2 heteroatoms. The molecule has 0 fully saturated rings. The molecule has 2 nitrogen and oxygen atoms in total. The summed E-state index contributed by atoms with van der Waals surface area (Å²) in [6.45, 7) is 7.29. The normalized spacial score (nSPS) is 10.5. The molecule has 0 saturated carbocycles. The predicted molar refractivity (Wildman–Crippen MR) is 70.2 cm³/mol. The lowest BCUT2D eigenvalue weighted by atomic mass is 10.2. The quantitative estimate of drug-likeness (QED) is 0.701. The van der Waals surface area contributed by atoms with E-state index in [1.54, 1.807) is 0 Å². The number of anilines is 1. The Labute approximate surface area is 99.0 Å². The SMILES string of the molecule is CCCCCOc1ccc(NC(C)C)cc1. The molecule has 0 aliphatic heterocycles. The Bertz CT molecular complexity index is 279. The summed E-state index contributed by atoms with van der Waals surface area (Å²) in [5, 5.41) is 3.35. The van der Waals surface area contributed by atoms with Crippen molar-refractivity contribution in [1.82, 2.24) is 0 Å². The molecule has 0 aliphatic carbocycles. The maximum atomic E-state index is 5.64. The Kier molecular flexibility index (Phi) is 5.76. The van der Waals surface area contributed by atoms with E-state index in [-0.39, 0.29) is 0 Å². The molecule has 16 heavy (non-hydrogen) atoms. The van der Waals surface area contributed by atoms with Crippen molar-refractivity contribution in [2.24, 2.45) is 0 Å². The maximum Gasteiger partial charge on any atom is 0.119 e. The van der Waals surface area contributed by atoms with Gasteiger partial charge in [-0.1, -0.05) is 19.8 Å². The minimum absolute atomic E-state index is 0.469. The van der Waals surface area contributed by atoms with Crippen LogP contribution in [0.2, 0.25) is 0 Å². The molecule has 1 rings (SSSR count). The second kappa shape index (κ2) is 7.15. The highest BCUT2D eigenvalue weighted by molar-refractivity contribution is 5.46. The van der Waals surface area contributed by atoms with Gasteiger partial charge in [-0.25, -0.2) is 0 Å². The molecule has 0 aromatic heterocycles. The lowest BCUT2D eigenvalue weighted by Crippen LogP contribution is -2.09. The molecular formula is C14H23NO. The lowest BCUT2D eigenvalue weighted by Gasteiger charge is -2.11. The summed E-state index contributed by atoms with van der Waals surface area (Å²) >= 11 is 0. The van der Waals surface area contributed by atoms with Crippen molar-refractivity contribution in [1.29, 1.82) is 0 Å². The van der Waals surface area contributed by atoms with Gasteiger partial charge in [0.2, 0.25) is 0 Å². The van der Waals surface area contributed by atoms with Gasteiger partial charge in [0.15, 0.2) is 0 Å². The fraction of sp³-hybridized carbons (Fsp3) is 0.571. The minimum atomic E-state index is 0.469. The number of unbranched alkanes of at least 4 members (excludes halogenated alkanes) is 2. The van der Waals surface area contributed by atoms with Gasteiger partial charge in [-0.2, -0.15) is 0 Å². The van der Waals surface area contributed by atoms with Gasteiger partial charge in [0, 0.05) is 11.7 Å². The number of rotatable bonds is 7. The van der Waals surface area contributed by atoms with E-state index >= 15 is 0 Å². The Hall–Kier alpha value is -1.18. The highest BCUT2D eigenvalue weighted by atomic mass is 16.5. The van der Waals surface area contributed by atoms with Crippen LogP contribution in [-0.2, 0) is 0 Å². The van der Waals surface area contributed by atoms with Crippen molar-refractivity contribution in [3.63, 3.8) is 0 Å². The minimum Gasteiger partial charge on any atom is -0.494 e. The van der Waals surface area contributed by atoms with E-state index in [0.717, 1.165) is 24.5 Å². The first-order chi connectivity index (χ1) is 7.72. The zero-order chi connectivity index (χ0) is 11.8. The highest BCUT2D eigenvalue weighted by Gasteiger charge is 1.96. The van der Waals surface area contributed by atoms with Crippen molar-refractivity contribution in [2.45, 2.75) is 46.1 Å². The topological polar surface area (TPSA) is 21.3 Å². The summed E-state index contributed by atoms with van der Waals surface area (Å²) in [7, 11) is 0. The van der Waals surface area contributed by atoms with Crippen LogP contribution in [0.3, 0.4) is 0 Å². The van der Waals surface area contributed by atoms with Gasteiger partial charge in [-0.3, -0.25) is 0 Å². The number of hydrogen-bond donors (Lipinski definition) is 1. The van der Waals surface area contributed by atoms with E-state index < -0.39 is 0 Å². The van der Waals surface area contributed by atoms with E-state index in [9.17, 15) is 0 Å². The van der Waals surface area contributed by atoms with E-state index in [0.29, 0.717) is 6.04 Å². The third-order valence-electron chi connectivity index (χ3n) is 2.33. The van der Waals surface area contributed by atoms with Gasteiger partial charge in [-0.05, 0) is 44.5 Å². The molecule has 0 radical (unpaired) electrons. The zero-order valence-electron chi connectivity index (χ0n) is 10.6. The molecule has 0 bridgehead atoms. The molecule has 1 aromatic carbocycles. The molecule has 0 heterocycles. The number of nitrogens with one attached hydrogen (secondary N) is 1. The summed E-state index contributed by atoms with van der Waals surface area (Å²) in [5.74, 6) is 0.963. The third kappa shape index (κ3) is 5.06. The Balaban J connectivity index is 2.33. The fourth-order valence-corrected chi connectivity index (χ4v) is 1.52. The maximum absolute atomic E-state index is 5.64. The zero-order valence-corrected chi connectivity index (χ0v) is 10.6. The summed E-state index contributed by atoms with van der Waals surface area (Å²) in [6.07, 6.45) is 3.62. The van der Waals surface area contributed by atoms with Crippen LogP contribution >= 0.6 is 0 Å². The molecule has 0 spiro atoms. The average molecular weight is 221 g/mol. The lowest BCUT2D eigenvalue weighted by molar-refractivity contribution is 0.306. The van der Waals surface area contributed by atoms with E-state index in [1.165, 1.54) is 12.8 Å². The van der Waals surface area contributed by atoms with Crippen molar-refractivity contribution < 1.29 is 4.74 Å². The molecule has 0 atom stereocenters. The van der Waals surface area contributed by atoms with E-state index in [2.05, 4.69) is 38.2 Å². The smallest absolute Gasteiger partial charge is 0.119 e. The van der Waals surface area contributed by atoms with Gasteiger partial charge in [0.05, 0.1) is 6.61 Å². The molecule has 0 unspecified atom stereocenters. The first-order valence-corrected chi connectivity index (χ1v) is 6.21.